The lowest BCUT2D eigenvalue weighted by Gasteiger charge is -2.14. The molecule has 0 bridgehead atoms. The van der Waals surface area contributed by atoms with E-state index in [1.807, 2.05) is 78.9 Å². The number of hydrogen-bond acceptors (Lipinski definition) is 4. The van der Waals surface area contributed by atoms with E-state index in [0.717, 1.165) is 28.1 Å². The van der Waals surface area contributed by atoms with Crippen LogP contribution in [0.5, 0.6) is 5.75 Å². The first-order valence-corrected chi connectivity index (χ1v) is 11.9. The van der Waals surface area contributed by atoms with Crippen LogP contribution in [0.4, 0.5) is 24.5 Å². The number of rotatable bonds is 6. The van der Waals surface area contributed by atoms with E-state index in [4.69, 9.17) is 12.2 Å². The summed E-state index contributed by atoms with van der Waals surface area (Å²) in [6.45, 7) is 0. The van der Waals surface area contributed by atoms with Gasteiger partial charge in [0.15, 0.2) is 10.9 Å². The van der Waals surface area contributed by atoms with Crippen molar-refractivity contribution < 1.29 is 17.9 Å². The Morgan fingerprint density at radius 1 is 0.763 bits per heavy atom. The summed E-state index contributed by atoms with van der Waals surface area (Å²) in [6.07, 6.45) is -3.25. The molecule has 0 saturated heterocycles. The second-order valence-corrected chi connectivity index (χ2v) is 8.53. The second kappa shape index (κ2) is 10.7. The van der Waals surface area contributed by atoms with Crippen LogP contribution in [0.1, 0.15) is 0 Å². The van der Waals surface area contributed by atoms with Gasteiger partial charge in [-0.3, -0.25) is 0 Å². The number of alkyl halides is 3. The van der Waals surface area contributed by atoms with Gasteiger partial charge in [-0.1, -0.05) is 48.5 Å². The van der Waals surface area contributed by atoms with Crippen molar-refractivity contribution in [2.45, 2.75) is 6.36 Å². The molecule has 0 spiro atoms. The summed E-state index contributed by atoms with van der Waals surface area (Å²) in [6, 6.07) is 30.8. The van der Waals surface area contributed by atoms with Crippen molar-refractivity contribution in [1.82, 2.24) is 14.8 Å². The maximum absolute atomic E-state index is 12.4. The van der Waals surface area contributed by atoms with E-state index < -0.39 is 6.36 Å². The van der Waals surface area contributed by atoms with Crippen molar-refractivity contribution in [2.24, 2.45) is 0 Å². The van der Waals surface area contributed by atoms with Crippen molar-refractivity contribution in [3.05, 3.63) is 109 Å². The number of nitrogens with zero attached hydrogens (tertiary/aromatic N) is 3. The molecular formula is C28H20F3N5OS. The van der Waals surface area contributed by atoms with Gasteiger partial charge in [0, 0.05) is 22.5 Å². The Labute approximate surface area is 221 Å². The first kappa shape index (κ1) is 25.0. The molecule has 0 amide bonds. The van der Waals surface area contributed by atoms with Crippen LogP contribution in [-0.2, 0) is 0 Å². The van der Waals surface area contributed by atoms with E-state index in [1.54, 1.807) is 0 Å². The predicted octanol–water partition coefficient (Wildman–Crippen LogP) is 7.31. The van der Waals surface area contributed by atoms with Gasteiger partial charge >= 0.3 is 6.36 Å². The Balaban J connectivity index is 1.23. The summed E-state index contributed by atoms with van der Waals surface area (Å²) in [5.41, 5.74) is 5.10. The number of aromatic nitrogens is 3. The standard InChI is InChI=1S/C28H20F3N5OS/c29-28(30,31)37-23-16-14-22(15-17-23)36-18-32-26(35-36)20-10-12-21(13-11-20)33-27(38)34-25-9-5-4-8-24(25)19-6-2-1-3-7-19/h1-18H,(H2,33,34,38). The number of benzene rings is 4. The number of hydrogen-bond donors (Lipinski definition) is 2. The van der Waals surface area contributed by atoms with Gasteiger partial charge < -0.3 is 15.4 Å². The Morgan fingerprint density at radius 2 is 1.45 bits per heavy atom. The molecule has 0 radical (unpaired) electrons. The first-order valence-electron chi connectivity index (χ1n) is 11.4. The van der Waals surface area contributed by atoms with Crippen LogP contribution in [0, 0.1) is 0 Å². The lowest BCUT2D eigenvalue weighted by Crippen LogP contribution is -2.19. The third-order valence-corrected chi connectivity index (χ3v) is 5.69. The molecule has 6 nitrogen and oxygen atoms in total. The Morgan fingerprint density at radius 3 is 2.16 bits per heavy atom. The molecule has 0 fully saturated rings. The summed E-state index contributed by atoms with van der Waals surface area (Å²) < 4.78 is 42.5. The molecule has 38 heavy (non-hydrogen) atoms. The van der Waals surface area contributed by atoms with Gasteiger partial charge in [-0.05, 0) is 72.4 Å². The topological polar surface area (TPSA) is 64.0 Å². The zero-order valence-electron chi connectivity index (χ0n) is 19.7. The minimum atomic E-state index is -4.74. The van der Waals surface area contributed by atoms with Gasteiger partial charge in [-0.2, -0.15) is 0 Å². The number of ether oxygens (including phenoxy) is 1. The summed E-state index contributed by atoms with van der Waals surface area (Å²) in [7, 11) is 0. The van der Waals surface area contributed by atoms with Crippen molar-refractivity contribution in [3.63, 3.8) is 0 Å². The molecule has 0 aliphatic rings. The number of para-hydroxylation sites is 1. The van der Waals surface area contributed by atoms with Crippen molar-refractivity contribution >= 4 is 28.7 Å². The molecule has 10 heteroatoms. The predicted molar refractivity (Wildman–Crippen MR) is 145 cm³/mol. The second-order valence-electron chi connectivity index (χ2n) is 8.12. The maximum Gasteiger partial charge on any atom is 0.573 e. The first-order chi connectivity index (χ1) is 18.3. The molecule has 1 heterocycles. The highest BCUT2D eigenvalue weighted by Gasteiger charge is 2.31. The molecule has 4 aromatic carbocycles. The third kappa shape index (κ3) is 6.16. The molecule has 190 valence electrons. The van der Waals surface area contributed by atoms with Gasteiger partial charge in [0.2, 0.25) is 0 Å². The zero-order chi connectivity index (χ0) is 26.5. The SMILES string of the molecule is FC(F)(F)Oc1ccc(-n2cnc(-c3ccc(NC(=S)Nc4ccccc4-c4ccccc4)cc3)n2)cc1. The number of nitrogens with one attached hydrogen (secondary N) is 2. The van der Waals surface area contributed by atoms with E-state index in [2.05, 4.69) is 25.5 Å². The molecule has 0 aliphatic heterocycles. The monoisotopic (exact) mass is 531 g/mol. The van der Waals surface area contributed by atoms with E-state index in [1.165, 1.54) is 35.3 Å². The Bertz CT molecular complexity index is 1540. The normalized spacial score (nSPS) is 11.1. The largest absolute Gasteiger partial charge is 0.573 e. The molecule has 1 aromatic heterocycles. The summed E-state index contributed by atoms with van der Waals surface area (Å²) in [4.78, 5) is 4.31. The Kier molecular flexibility index (Phi) is 7.05. The van der Waals surface area contributed by atoms with Crippen molar-refractivity contribution in [2.75, 3.05) is 10.6 Å². The van der Waals surface area contributed by atoms with Gasteiger partial charge in [0.1, 0.15) is 12.1 Å². The quantitative estimate of drug-likeness (QED) is 0.224. The maximum atomic E-state index is 12.4. The molecular weight excluding hydrogens is 511 g/mol. The van der Waals surface area contributed by atoms with Gasteiger partial charge in [-0.15, -0.1) is 18.3 Å². The fraction of sp³-hybridized carbons (Fsp3) is 0.0357. The van der Waals surface area contributed by atoms with Crippen molar-refractivity contribution in [1.29, 1.82) is 0 Å². The molecule has 5 rings (SSSR count). The highest BCUT2D eigenvalue weighted by Crippen LogP contribution is 2.28. The number of anilines is 2. The average molecular weight is 532 g/mol. The van der Waals surface area contributed by atoms with E-state index in [0.29, 0.717) is 16.6 Å². The summed E-state index contributed by atoms with van der Waals surface area (Å²) in [5.74, 6) is 0.158. The average Bonchev–Trinajstić information content (AvgIpc) is 3.40. The summed E-state index contributed by atoms with van der Waals surface area (Å²) in [5, 5.41) is 11.3. The van der Waals surface area contributed by atoms with Crippen LogP contribution in [0.25, 0.3) is 28.2 Å². The number of thiocarbonyl (C=S) groups is 1. The lowest BCUT2D eigenvalue weighted by atomic mass is 10.0. The van der Waals surface area contributed by atoms with E-state index in [-0.39, 0.29) is 5.75 Å². The number of halogens is 3. The van der Waals surface area contributed by atoms with Gasteiger partial charge in [-0.25, -0.2) is 9.67 Å². The molecule has 0 aliphatic carbocycles. The molecule has 0 unspecified atom stereocenters. The van der Waals surface area contributed by atoms with E-state index in [9.17, 15) is 13.2 Å². The van der Waals surface area contributed by atoms with Crippen LogP contribution in [-0.4, -0.2) is 26.2 Å². The van der Waals surface area contributed by atoms with Crippen LogP contribution in [0.15, 0.2) is 109 Å². The smallest absolute Gasteiger partial charge is 0.406 e. The lowest BCUT2D eigenvalue weighted by molar-refractivity contribution is -0.274. The van der Waals surface area contributed by atoms with Gasteiger partial charge in [0.25, 0.3) is 0 Å². The fourth-order valence-corrected chi connectivity index (χ4v) is 4.00. The molecule has 5 aromatic rings. The minimum Gasteiger partial charge on any atom is -0.406 e. The van der Waals surface area contributed by atoms with Crippen LogP contribution >= 0.6 is 12.2 Å². The molecule has 0 atom stereocenters. The van der Waals surface area contributed by atoms with Gasteiger partial charge in [0.05, 0.1) is 5.69 Å². The minimum absolute atomic E-state index is 0.305. The highest BCUT2D eigenvalue weighted by atomic mass is 32.1. The van der Waals surface area contributed by atoms with Crippen LogP contribution < -0.4 is 15.4 Å². The highest BCUT2D eigenvalue weighted by molar-refractivity contribution is 7.80. The Hall–Kier alpha value is -4.70. The third-order valence-electron chi connectivity index (χ3n) is 5.49. The van der Waals surface area contributed by atoms with Crippen LogP contribution in [0.2, 0.25) is 0 Å². The summed E-state index contributed by atoms with van der Waals surface area (Å²) >= 11 is 5.53. The molecule has 0 saturated carbocycles. The van der Waals surface area contributed by atoms with Crippen molar-refractivity contribution in [3.8, 4) is 34.0 Å². The van der Waals surface area contributed by atoms with Crippen LogP contribution in [0.3, 0.4) is 0 Å². The molecule has 2 N–H and O–H groups in total. The fourth-order valence-electron chi connectivity index (χ4n) is 3.77. The van der Waals surface area contributed by atoms with E-state index >= 15 is 0 Å². The zero-order valence-corrected chi connectivity index (χ0v) is 20.5.